The van der Waals surface area contributed by atoms with Gasteiger partial charge in [-0.3, -0.25) is 14.5 Å². The zero-order chi connectivity index (χ0) is 31.3. The second kappa shape index (κ2) is 16.8. The average Bonchev–Trinajstić information content (AvgIpc) is 3.01. The smallest absolute Gasteiger partial charge is 0.307 e. The highest BCUT2D eigenvalue weighted by molar-refractivity contribution is 5.78. The van der Waals surface area contributed by atoms with Crippen LogP contribution >= 0.6 is 0 Å². The quantitative estimate of drug-likeness (QED) is 0.186. The number of likely N-dealkylation sites (tertiary alicyclic amines) is 1. The number of carboxylic acids is 1. The second-order valence-electron chi connectivity index (χ2n) is 11.9. The molecule has 1 aliphatic heterocycles. The molecular formula is C35H48N6O3. The lowest BCUT2D eigenvalue weighted by Crippen LogP contribution is -2.43. The largest absolute Gasteiger partial charge is 0.481 e. The Labute approximate surface area is 261 Å². The minimum absolute atomic E-state index is 0.0142. The van der Waals surface area contributed by atoms with Gasteiger partial charge in [0, 0.05) is 30.9 Å². The molecule has 0 atom stereocenters. The number of nitrogen functional groups attached to an aromatic ring is 1. The number of nitrogens with two attached hydrogens (primary N) is 1. The third-order valence-electron chi connectivity index (χ3n) is 8.48. The Balaban J connectivity index is 1.41. The first-order chi connectivity index (χ1) is 21.3. The summed E-state index contributed by atoms with van der Waals surface area (Å²) in [5.41, 5.74) is 11.0. The van der Waals surface area contributed by atoms with Gasteiger partial charge in [-0.1, -0.05) is 74.4 Å². The van der Waals surface area contributed by atoms with E-state index >= 15 is 0 Å². The van der Waals surface area contributed by atoms with Gasteiger partial charge in [0.1, 0.15) is 5.82 Å². The molecule has 9 heteroatoms. The van der Waals surface area contributed by atoms with E-state index in [1.807, 2.05) is 36.1 Å². The number of benzene rings is 2. The summed E-state index contributed by atoms with van der Waals surface area (Å²) in [5, 5.41) is 12.6. The van der Waals surface area contributed by atoms with Gasteiger partial charge < -0.3 is 21.1 Å². The first-order valence-corrected chi connectivity index (χ1v) is 16.0. The molecule has 0 unspecified atom stereocenters. The van der Waals surface area contributed by atoms with E-state index in [1.54, 1.807) is 0 Å². The molecule has 0 saturated carbocycles. The van der Waals surface area contributed by atoms with Crippen molar-refractivity contribution in [1.29, 1.82) is 0 Å². The third-order valence-corrected chi connectivity index (χ3v) is 8.48. The van der Waals surface area contributed by atoms with Crippen LogP contribution < -0.4 is 11.1 Å². The maximum atomic E-state index is 13.8. The second-order valence-corrected chi connectivity index (χ2v) is 11.9. The first kappa shape index (κ1) is 32.9. The van der Waals surface area contributed by atoms with Crippen molar-refractivity contribution >= 4 is 23.6 Å². The number of hydrogen-bond acceptors (Lipinski definition) is 7. The summed E-state index contributed by atoms with van der Waals surface area (Å²) in [6.07, 6.45) is 6.94. The number of amides is 1. The van der Waals surface area contributed by atoms with E-state index in [2.05, 4.69) is 57.4 Å². The molecule has 2 heterocycles. The molecule has 236 valence electrons. The van der Waals surface area contributed by atoms with Crippen molar-refractivity contribution in [3.05, 3.63) is 82.5 Å². The van der Waals surface area contributed by atoms with Crippen LogP contribution in [0.5, 0.6) is 0 Å². The molecule has 9 nitrogen and oxygen atoms in total. The van der Waals surface area contributed by atoms with E-state index in [9.17, 15) is 9.59 Å². The highest BCUT2D eigenvalue weighted by Gasteiger charge is 2.24. The number of piperidine rings is 1. The van der Waals surface area contributed by atoms with Gasteiger partial charge in [0.25, 0.3) is 0 Å². The van der Waals surface area contributed by atoms with Gasteiger partial charge in [0.15, 0.2) is 0 Å². The van der Waals surface area contributed by atoms with Crippen LogP contribution in [-0.2, 0) is 29.0 Å². The SMILES string of the molecule is CCCCCNc1nc(N)nc(C)c1CCCN(Cc1ccc(CC(=O)O)cc1)C(=O)CN1CCC(c2ccccc2)CC1. The molecule has 0 aliphatic carbocycles. The molecule has 1 fully saturated rings. The van der Waals surface area contributed by atoms with E-state index in [-0.39, 0.29) is 18.3 Å². The lowest BCUT2D eigenvalue weighted by Gasteiger charge is -2.33. The van der Waals surface area contributed by atoms with Crippen molar-refractivity contribution in [2.45, 2.75) is 77.7 Å². The Hall–Kier alpha value is -3.98. The zero-order valence-electron chi connectivity index (χ0n) is 26.3. The average molecular weight is 601 g/mol. The molecule has 0 radical (unpaired) electrons. The van der Waals surface area contributed by atoms with Gasteiger partial charge in [-0.2, -0.15) is 4.98 Å². The maximum absolute atomic E-state index is 13.8. The molecule has 0 spiro atoms. The molecule has 1 saturated heterocycles. The number of anilines is 2. The maximum Gasteiger partial charge on any atom is 0.307 e. The predicted octanol–water partition coefficient (Wildman–Crippen LogP) is 5.44. The minimum Gasteiger partial charge on any atom is -0.481 e. The summed E-state index contributed by atoms with van der Waals surface area (Å²) in [5.74, 6) is 0.855. The monoisotopic (exact) mass is 600 g/mol. The van der Waals surface area contributed by atoms with Crippen LogP contribution in [0.2, 0.25) is 0 Å². The van der Waals surface area contributed by atoms with Crippen LogP contribution in [0.1, 0.15) is 79.3 Å². The summed E-state index contributed by atoms with van der Waals surface area (Å²) < 4.78 is 0. The molecule has 3 aromatic rings. The Kier molecular flexibility index (Phi) is 12.5. The van der Waals surface area contributed by atoms with Crippen molar-refractivity contribution in [3.63, 3.8) is 0 Å². The Morgan fingerprint density at radius 2 is 1.70 bits per heavy atom. The van der Waals surface area contributed by atoms with E-state index in [1.165, 1.54) is 5.56 Å². The van der Waals surface area contributed by atoms with Crippen LogP contribution in [0, 0.1) is 6.92 Å². The number of aryl methyl sites for hydroxylation is 1. The van der Waals surface area contributed by atoms with Crippen LogP contribution in [0.3, 0.4) is 0 Å². The van der Waals surface area contributed by atoms with Gasteiger partial charge in [0.05, 0.1) is 13.0 Å². The van der Waals surface area contributed by atoms with Crippen molar-refractivity contribution in [2.24, 2.45) is 0 Å². The number of rotatable bonds is 16. The summed E-state index contributed by atoms with van der Waals surface area (Å²) in [4.78, 5) is 38.0. The highest BCUT2D eigenvalue weighted by atomic mass is 16.4. The summed E-state index contributed by atoms with van der Waals surface area (Å²) in [6, 6.07) is 18.2. The number of nitrogens with one attached hydrogen (secondary N) is 1. The normalized spacial score (nSPS) is 14.0. The molecule has 44 heavy (non-hydrogen) atoms. The number of carboxylic acid groups (broad SMARTS) is 1. The fourth-order valence-electron chi connectivity index (χ4n) is 5.98. The minimum atomic E-state index is -0.855. The summed E-state index contributed by atoms with van der Waals surface area (Å²) >= 11 is 0. The van der Waals surface area contributed by atoms with Crippen LogP contribution in [-0.4, -0.2) is 69.5 Å². The van der Waals surface area contributed by atoms with E-state index in [4.69, 9.17) is 10.8 Å². The molecule has 1 aliphatic rings. The molecule has 4 rings (SSSR count). The van der Waals surface area contributed by atoms with Crippen molar-refractivity contribution < 1.29 is 14.7 Å². The Bertz CT molecular complexity index is 1340. The van der Waals surface area contributed by atoms with Gasteiger partial charge in [0.2, 0.25) is 11.9 Å². The first-order valence-electron chi connectivity index (χ1n) is 16.0. The van der Waals surface area contributed by atoms with Crippen LogP contribution in [0.15, 0.2) is 54.6 Å². The number of unbranched alkanes of at least 4 members (excludes halogenated alkanes) is 2. The van der Waals surface area contributed by atoms with Gasteiger partial charge in [-0.05, 0) is 74.7 Å². The molecule has 0 bridgehead atoms. The Morgan fingerprint density at radius 3 is 2.39 bits per heavy atom. The summed E-state index contributed by atoms with van der Waals surface area (Å²) in [7, 11) is 0. The van der Waals surface area contributed by atoms with Crippen molar-refractivity contribution in [1.82, 2.24) is 19.8 Å². The standard InChI is InChI=1S/C35H48N6O3/c1-3-4-8-19-37-34-31(26(2)38-35(36)39-34)12-9-20-41(24-28-15-13-27(14-16-28)23-33(43)44)32(42)25-40-21-17-30(18-22-40)29-10-6-5-7-11-29/h5-7,10-11,13-16,30H,3-4,8-9,12,17-25H2,1-2H3,(H,43,44)(H3,36,37,38,39). The fourth-order valence-corrected chi connectivity index (χ4v) is 5.98. The number of nitrogens with zero attached hydrogens (tertiary/aromatic N) is 4. The van der Waals surface area contributed by atoms with Crippen molar-refractivity contribution in [2.75, 3.05) is 43.8 Å². The third kappa shape index (κ3) is 10.0. The number of aromatic nitrogens is 2. The Morgan fingerprint density at radius 1 is 1.00 bits per heavy atom. The lowest BCUT2D eigenvalue weighted by molar-refractivity contribution is -0.136. The molecular weight excluding hydrogens is 552 g/mol. The lowest BCUT2D eigenvalue weighted by atomic mass is 9.89. The molecule has 1 aromatic heterocycles. The number of carbonyl (C=O) groups excluding carboxylic acids is 1. The summed E-state index contributed by atoms with van der Waals surface area (Å²) in [6.45, 7) is 8.25. The number of hydrogen-bond donors (Lipinski definition) is 3. The van der Waals surface area contributed by atoms with Crippen molar-refractivity contribution in [3.8, 4) is 0 Å². The molecule has 1 amide bonds. The van der Waals surface area contributed by atoms with E-state index in [0.717, 1.165) is 92.8 Å². The van der Waals surface area contributed by atoms with E-state index in [0.29, 0.717) is 25.6 Å². The highest BCUT2D eigenvalue weighted by Crippen LogP contribution is 2.28. The van der Waals surface area contributed by atoms with Crippen LogP contribution in [0.4, 0.5) is 11.8 Å². The molecule has 4 N–H and O–H groups in total. The zero-order valence-corrected chi connectivity index (χ0v) is 26.3. The van der Waals surface area contributed by atoms with Gasteiger partial charge in [-0.15, -0.1) is 0 Å². The van der Waals surface area contributed by atoms with Gasteiger partial charge >= 0.3 is 5.97 Å². The van der Waals surface area contributed by atoms with Gasteiger partial charge in [-0.25, -0.2) is 4.98 Å². The topological polar surface area (TPSA) is 125 Å². The number of carbonyl (C=O) groups is 2. The van der Waals surface area contributed by atoms with Crippen LogP contribution in [0.25, 0.3) is 0 Å². The number of aliphatic carboxylic acids is 1. The molecule has 2 aromatic carbocycles. The predicted molar refractivity (Wildman–Crippen MR) is 176 cm³/mol. The fraction of sp³-hybridized carbons (Fsp3) is 0.486. The van der Waals surface area contributed by atoms with E-state index < -0.39 is 5.97 Å².